The quantitative estimate of drug-likeness (QED) is 0.814. The van der Waals surface area contributed by atoms with Gasteiger partial charge in [-0.3, -0.25) is 4.98 Å². The molecule has 1 aromatic heterocycles. The van der Waals surface area contributed by atoms with Crippen molar-refractivity contribution in [3.8, 4) is 0 Å². The Hall–Kier alpha value is -1.13. The van der Waals surface area contributed by atoms with Gasteiger partial charge in [0.15, 0.2) is 0 Å². The highest BCUT2D eigenvalue weighted by molar-refractivity contribution is 5.45. The van der Waals surface area contributed by atoms with Crippen LogP contribution < -0.4 is 10.6 Å². The summed E-state index contributed by atoms with van der Waals surface area (Å²) in [6, 6.07) is 4.14. The van der Waals surface area contributed by atoms with Gasteiger partial charge in [0.1, 0.15) is 0 Å². The second-order valence-electron chi connectivity index (χ2n) is 4.13. The summed E-state index contributed by atoms with van der Waals surface area (Å²) in [4.78, 5) is 9.19. The molecule has 4 nitrogen and oxygen atoms in total. The number of rotatable bonds is 3. The summed E-state index contributed by atoms with van der Waals surface area (Å²) < 4.78 is 0. The molecule has 2 heterocycles. The molecule has 0 aromatic carbocycles. The highest BCUT2D eigenvalue weighted by Crippen LogP contribution is 2.15. The van der Waals surface area contributed by atoms with Gasteiger partial charge >= 0.3 is 0 Å². The molecule has 0 spiro atoms. The Morgan fingerprint density at radius 2 is 2.00 bits per heavy atom. The molecule has 2 N–H and O–H groups in total. The van der Waals surface area contributed by atoms with Gasteiger partial charge in [-0.25, -0.2) is 0 Å². The second kappa shape index (κ2) is 5.27. The molecule has 1 aliphatic heterocycles. The van der Waals surface area contributed by atoms with E-state index in [0.29, 0.717) is 6.54 Å². The van der Waals surface area contributed by atoms with Crippen LogP contribution in [0.2, 0.25) is 0 Å². The number of piperazine rings is 1. The minimum Gasteiger partial charge on any atom is -0.368 e. The smallest absolute Gasteiger partial charge is 0.0553 e. The van der Waals surface area contributed by atoms with E-state index in [1.165, 1.54) is 5.69 Å². The summed E-state index contributed by atoms with van der Waals surface area (Å²) in [5.41, 5.74) is 7.70. The standard InChI is InChI=1S/C12H20N4/c1-2-15-5-7-16(8-6-15)12-4-3-11(9-13)14-10-12/h3-4,10H,2,5-9,13H2,1H3. The van der Waals surface area contributed by atoms with Gasteiger partial charge in [0, 0.05) is 32.7 Å². The normalized spacial score (nSPS) is 17.8. The van der Waals surface area contributed by atoms with Gasteiger partial charge in [-0.05, 0) is 18.7 Å². The first kappa shape index (κ1) is 11.4. The summed E-state index contributed by atoms with van der Waals surface area (Å²) in [7, 11) is 0. The minimum atomic E-state index is 0.518. The third-order valence-corrected chi connectivity index (χ3v) is 3.20. The van der Waals surface area contributed by atoms with Crippen molar-refractivity contribution < 1.29 is 0 Å². The largest absolute Gasteiger partial charge is 0.368 e. The number of nitrogens with zero attached hydrogens (tertiary/aromatic N) is 3. The zero-order valence-electron chi connectivity index (χ0n) is 9.89. The molecule has 1 fully saturated rings. The minimum absolute atomic E-state index is 0.518. The van der Waals surface area contributed by atoms with E-state index in [0.717, 1.165) is 38.4 Å². The molecule has 88 valence electrons. The van der Waals surface area contributed by atoms with Gasteiger partial charge in [0.2, 0.25) is 0 Å². The Labute approximate surface area is 97.1 Å². The molecule has 16 heavy (non-hydrogen) atoms. The number of hydrogen-bond acceptors (Lipinski definition) is 4. The first-order valence-electron chi connectivity index (χ1n) is 5.95. The first-order valence-corrected chi connectivity index (χ1v) is 5.95. The van der Waals surface area contributed by atoms with E-state index in [2.05, 4.69) is 27.8 Å². The zero-order chi connectivity index (χ0) is 11.4. The zero-order valence-corrected chi connectivity index (χ0v) is 9.89. The second-order valence-corrected chi connectivity index (χ2v) is 4.13. The number of hydrogen-bond donors (Lipinski definition) is 1. The van der Waals surface area contributed by atoms with Gasteiger partial charge in [0.25, 0.3) is 0 Å². The van der Waals surface area contributed by atoms with Gasteiger partial charge in [-0.15, -0.1) is 0 Å². The average Bonchev–Trinajstić information content (AvgIpc) is 2.39. The Morgan fingerprint density at radius 3 is 2.50 bits per heavy atom. The molecule has 1 saturated heterocycles. The van der Waals surface area contributed by atoms with Gasteiger partial charge < -0.3 is 15.5 Å². The molecule has 0 saturated carbocycles. The van der Waals surface area contributed by atoms with Crippen molar-refractivity contribution in [1.82, 2.24) is 9.88 Å². The molecule has 0 atom stereocenters. The van der Waals surface area contributed by atoms with Crippen molar-refractivity contribution in [2.45, 2.75) is 13.5 Å². The van der Waals surface area contributed by atoms with E-state index in [9.17, 15) is 0 Å². The van der Waals surface area contributed by atoms with E-state index < -0.39 is 0 Å². The third-order valence-electron chi connectivity index (χ3n) is 3.20. The molecule has 0 amide bonds. The molecule has 2 rings (SSSR count). The van der Waals surface area contributed by atoms with Crippen LogP contribution >= 0.6 is 0 Å². The summed E-state index contributed by atoms with van der Waals surface area (Å²) in [6.45, 7) is 8.37. The van der Waals surface area contributed by atoms with Crippen molar-refractivity contribution in [3.63, 3.8) is 0 Å². The van der Waals surface area contributed by atoms with Crippen LogP contribution in [0, 0.1) is 0 Å². The molecule has 0 aliphatic carbocycles. The van der Waals surface area contributed by atoms with Crippen molar-refractivity contribution in [1.29, 1.82) is 0 Å². The fraction of sp³-hybridized carbons (Fsp3) is 0.583. The summed E-state index contributed by atoms with van der Waals surface area (Å²) in [5, 5.41) is 0. The Morgan fingerprint density at radius 1 is 1.25 bits per heavy atom. The molecule has 4 heteroatoms. The molecular formula is C12H20N4. The monoisotopic (exact) mass is 220 g/mol. The fourth-order valence-electron chi connectivity index (χ4n) is 2.05. The maximum absolute atomic E-state index is 5.53. The highest BCUT2D eigenvalue weighted by Gasteiger charge is 2.15. The Kier molecular flexibility index (Phi) is 3.74. The lowest BCUT2D eigenvalue weighted by Gasteiger charge is -2.35. The number of nitrogens with two attached hydrogens (primary N) is 1. The van der Waals surface area contributed by atoms with Crippen molar-refractivity contribution >= 4 is 5.69 Å². The molecule has 1 aromatic rings. The lowest BCUT2D eigenvalue weighted by Crippen LogP contribution is -2.46. The van der Waals surface area contributed by atoms with E-state index >= 15 is 0 Å². The molecule has 0 unspecified atom stereocenters. The summed E-state index contributed by atoms with van der Waals surface area (Å²) in [6.07, 6.45) is 1.93. The van der Waals surface area contributed by atoms with Crippen LogP contribution in [0.3, 0.4) is 0 Å². The van der Waals surface area contributed by atoms with Crippen LogP contribution in [-0.4, -0.2) is 42.6 Å². The predicted octanol–water partition coefficient (Wildman–Crippen LogP) is 0.682. The van der Waals surface area contributed by atoms with Gasteiger partial charge in [-0.1, -0.05) is 6.92 Å². The van der Waals surface area contributed by atoms with Gasteiger partial charge in [-0.2, -0.15) is 0 Å². The molecule has 0 bridgehead atoms. The van der Waals surface area contributed by atoms with Crippen LogP contribution in [-0.2, 0) is 6.54 Å². The Bertz CT molecular complexity index is 314. The lowest BCUT2D eigenvalue weighted by atomic mass is 10.2. The van der Waals surface area contributed by atoms with Crippen LogP contribution in [0.4, 0.5) is 5.69 Å². The van der Waals surface area contributed by atoms with E-state index in [-0.39, 0.29) is 0 Å². The topological polar surface area (TPSA) is 45.4 Å². The van der Waals surface area contributed by atoms with Crippen molar-refractivity contribution in [2.24, 2.45) is 5.73 Å². The number of aromatic nitrogens is 1. The Balaban J connectivity index is 1.97. The van der Waals surface area contributed by atoms with Crippen molar-refractivity contribution in [3.05, 3.63) is 24.0 Å². The van der Waals surface area contributed by atoms with Crippen LogP contribution in [0.25, 0.3) is 0 Å². The number of pyridine rings is 1. The molecule has 0 radical (unpaired) electrons. The SMILES string of the molecule is CCN1CCN(c2ccc(CN)nc2)CC1. The van der Waals surface area contributed by atoms with Crippen LogP contribution in [0.5, 0.6) is 0 Å². The van der Waals surface area contributed by atoms with E-state index in [4.69, 9.17) is 5.73 Å². The summed E-state index contributed by atoms with van der Waals surface area (Å²) >= 11 is 0. The highest BCUT2D eigenvalue weighted by atomic mass is 15.3. The number of likely N-dealkylation sites (N-methyl/N-ethyl adjacent to an activating group) is 1. The maximum atomic E-state index is 5.53. The van der Waals surface area contributed by atoms with Gasteiger partial charge in [0.05, 0.1) is 17.6 Å². The van der Waals surface area contributed by atoms with Crippen LogP contribution in [0.1, 0.15) is 12.6 Å². The maximum Gasteiger partial charge on any atom is 0.0553 e. The average molecular weight is 220 g/mol. The number of anilines is 1. The van der Waals surface area contributed by atoms with Crippen molar-refractivity contribution in [2.75, 3.05) is 37.6 Å². The fourth-order valence-corrected chi connectivity index (χ4v) is 2.05. The predicted molar refractivity (Wildman–Crippen MR) is 66.5 cm³/mol. The molecular weight excluding hydrogens is 200 g/mol. The summed E-state index contributed by atoms with van der Waals surface area (Å²) in [5.74, 6) is 0. The van der Waals surface area contributed by atoms with Crippen LogP contribution in [0.15, 0.2) is 18.3 Å². The lowest BCUT2D eigenvalue weighted by molar-refractivity contribution is 0.271. The van der Waals surface area contributed by atoms with E-state index in [1.807, 2.05) is 12.3 Å². The first-order chi connectivity index (χ1) is 7.83. The van der Waals surface area contributed by atoms with E-state index in [1.54, 1.807) is 0 Å². The third kappa shape index (κ3) is 2.51. The molecule has 1 aliphatic rings.